The van der Waals surface area contributed by atoms with E-state index in [4.69, 9.17) is 4.74 Å². The van der Waals surface area contributed by atoms with Gasteiger partial charge in [0, 0.05) is 39.2 Å². The Bertz CT molecular complexity index is 354. The third-order valence-electron chi connectivity index (χ3n) is 3.41. The summed E-state index contributed by atoms with van der Waals surface area (Å²) < 4.78 is 5.11. The number of fused-ring (bicyclic) bond motifs is 1. The van der Waals surface area contributed by atoms with Crippen molar-refractivity contribution in [2.45, 2.75) is 12.5 Å². The fourth-order valence-electron chi connectivity index (χ4n) is 2.46. The first-order chi connectivity index (χ1) is 8.31. The Morgan fingerprint density at radius 1 is 1.41 bits per heavy atom. The van der Waals surface area contributed by atoms with Gasteiger partial charge < -0.3 is 15.0 Å². The van der Waals surface area contributed by atoms with Crippen LogP contribution in [0.25, 0.3) is 0 Å². The zero-order valence-electron chi connectivity index (χ0n) is 10.8. The average Bonchev–Trinajstić information content (AvgIpc) is 2.37. The summed E-state index contributed by atoms with van der Waals surface area (Å²) in [6.45, 7) is 4.98. The summed E-state index contributed by atoms with van der Waals surface area (Å²) in [5.74, 6) is 0.599. The van der Waals surface area contributed by atoms with Crippen LogP contribution in [0.2, 0.25) is 0 Å². The molecule has 0 aromatic heterocycles. The second-order valence-corrected chi connectivity index (χ2v) is 4.78. The van der Waals surface area contributed by atoms with E-state index in [1.54, 1.807) is 7.11 Å². The van der Waals surface area contributed by atoms with E-state index in [1.165, 1.54) is 11.1 Å². The maximum absolute atomic E-state index is 5.11. The number of nitrogens with one attached hydrogen (secondary N) is 1. The molecule has 1 unspecified atom stereocenters. The summed E-state index contributed by atoms with van der Waals surface area (Å²) in [5.41, 5.74) is 2.96. The van der Waals surface area contributed by atoms with Crippen LogP contribution in [0.15, 0.2) is 24.3 Å². The number of nitrogens with zero attached hydrogens (tertiary/aromatic N) is 1. The number of hydrogen-bond acceptors (Lipinski definition) is 3. The van der Waals surface area contributed by atoms with E-state index in [9.17, 15) is 0 Å². The molecule has 0 saturated carbocycles. The largest absolute Gasteiger partial charge is 0.383 e. The number of hydrogen-bond donors (Lipinski definition) is 1. The molecule has 0 amide bonds. The van der Waals surface area contributed by atoms with E-state index >= 15 is 0 Å². The first-order valence-corrected chi connectivity index (χ1v) is 6.27. The maximum atomic E-state index is 5.11. The average molecular weight is 234 g/mol. The molecule has 0 fully saturated rings. The van der Waals surface area contributed by atoms with Crippen LogP contribution in [0, 0.1) is 0 Å². The van der Waals surface area contributed by atoms with Crippen molar-refractivity contribution in [3.05, 3.63) is 35.4 Å². The molecule has 3 heteroatoms. The molecular weight excluding hydrogens is 212 g/mol. The molecule has 0 spiro atoms. The van der Waals surface area contributed by atoms with E-state index in [1.807, 2.05) is 0 Å². The van der Waals surface area contributed by atoms with Crippen molar-refractivity contribution in [2.75, 3.05) is 40.4 Å². The lowest BCUT2D eigenvalue weighted by atomic mass is 9.90. The molecule has 1 heterocycles. The third-order valence-corrected chi connectivity index (χ3v) is 3.41. The monoisotopic (exact) mass is 234 g/mol. The summed E-state index contributed by atoms with van der Waals surface area (Å²) in [6.07, 6.45) is 0. The van der Waals surface area contributed by atoms with Crippen LogP contribution < -0.4 is 5.32 Å². The zero-order valence-corrected chi connectivity index (χ0v) is 10.8. The van der Waals surface area contributed by atoms with E-state index in [0.717, 1.165) is 32.8 Å². The lowest BCUT2D eigenvalue weighted by Crippen LogP contribution is -2.36. The lowest BCUT2D eigenvalue weighted by Gasteiger charge is -2.29. The van der Waals surface area contributed by atoms with Gasteiger partial charge in [-0.05, 0) is 18.2 Å². The number of ether oxygens (including phenoxy) is 1. The van der Waals surface area contributed by atoms with Crippen molar-refractivity contribution in [3.8, 4) is 0 Å². The summed E-state index contributed by atoms with van der Waals surface area (Å²) >= 11 is 0. The quantitative estimate of drug-likeness (QED) is 0.834. The predicted octanol–water partition coefficient (Wildman–Crippen LogP) is 1.45. The predicted molar refractivity (Wildman–Crippen MR) is 70.3 cm³/mol. The molecule has 1 aromatic carbocycles. The highest BCUT2D eigenvalue weighted by Crippen LogP contribution is 2.24. The van der Waals surface area contributed by atoms with Gasteiger partial charge in [0.15, 0.2) is 0 Å². The fourth-order valence-corrected chi connectivity index (χ4v) is 2.46. The Morgan fingerprint density at radius 3 is 3.06 bits per heavy atom. The SMILES string of the molecule is COCCN(C)CC1CNCc2ccccc21. The Labute approximate surface area is 104 Å². The summed E-state index contributed by atoms with van der Waals surface area (Å²) in [5, 5.41) is 3.49. The second-order valence-electron chi connectivity index (χ2n) is 4.78. The number of benzene rings is 1. The molecule has 1 aliphatic rings. The molecule has 1 N–H and O–H groups in total. The molecule has 17 heavy (non-hydrogen) atoms. The zero-order chi connectivity index (χ0) is 12.1. The smallest absolute Gasteiger partial charge is 0.0589 e. The van der Waals surface area contributed by atoms with Gasteiger partial charge in [-0.1, -0.05) is 24.3 Å². The van der Waals surface area contributed by atoms with Crippen LogP contribution in [-0.2, 0) is 11.3 Å². The highest BCUT2D eigenvalue weighted by atomic mass is 16.5. The second kappa shape index (κ2) is 6.15. The lowest BCUT2D eigenvalue weighted by molar-refractivity contribution is 0.157. The molecular formula is C14H22N2O. The van der Waals surface area contributed by atoms with Gasteiger partial charge in [-0.15, -0.1) is 0 Å². The molecule has 94 valence electrons. The first kappa shape index (κ1) is 12.6. The molecule has 0 saturated heterocycles. The van der Waals surface area contributed by atoms with Gasteiger partial charge in [-0.25, -0.2) is 0 Å². The van der Waals surface area contributed by atoms with Gasteiger partial charge >= 0.3 is 0 Å². The van der Waals surface area contributed by atoms with Crippen molar-refractivity contribution < 1.29 is 4.74 Å². The molecule has 3 nitrogen and oxygen atoms in total. The highest BCUT2D eigenvalue weighted by Gasteiger charge is 2.20. The molecule has 2 rings (SSSR count). The van der Waals surface area contributed by atoms with Crippen molar-refractivity contribution in [3.63, 3.8) is 0 Å². The highest BCUT2D eigenvalue weighted by molar-refractivity contribution is 5.32. The van der Waals surface area contributed by atoms with Gasteiger partial charge in [0.1, 0.15) is 0 Å². The molecule has 0 radical (unpaired) electrons. The maximum Gasteiger partial charge on any atom is 0.0589 e. The Kier molecular flexibility index (Phi) is 4.54. The van der Waals surface area contributed by atoms with Crippen LogP contribution in [-0.4, -0.2) is 45.3 Å². The standard InChI is InChI=1S/C14H22N2O/c1-16(7-8-17-2)11-13-10-15-9-12-5-3-4-6-14(12)13/h3-6,13,15H,7-11H2,1-2H3. The van der Waals surface area contributed by atoms with Crippen molar-refractivity contribution in [1.29, 1.82) is 0 Å². The van der Waals surface area contributed by atoms with Gasteiger partial charge in [0.2, 0.25) is 0 Å². The number of rotatable bonds is 5. The molecule has 0 bridgehead atoms. The van der Waals surface area contributed by atoms with E-state index in [2.05, 4.69) is 41.5 Å². The summed E-state index contributed by atoms with van der Waals surface area (Å²) in [6, 6.07) is 8.76. The molecule has 1 aliphatic heterocycles. The number of likely N-dealkylation sites (N-methyl/N-ethyl adjacent to an activating group) is 1. The minimum atomic E-state index is 0.599. The van der Waals surface area contributed by atoms with Crippen LogP contribution in [0.5, 0.6) is 0 Å². The minimum absolute atomic E-state index is 0.599. The third kappa shape index (κ3) is 3.28. The van der Waals surface area contributed by atoms with Gasteiger partial charge in [-0.3, -0.25) is 0 Å². The van der Waals surface area contributed by atoms with Crippen LogP contribution in [0.1, 0.15) is 17.0 Å². The topological polar surface area (TPSA) is 24.5 Å². The van der Waals surface area contributed by atoms with Gasteiger partial charge in [0.25, 0.3) is 0 Å². The van der Waals surface area contributed by atoms with Gasteiger partial charge in [0.05, 0.1) is 6.61 Å². The van der Waals surface area contributed by atoms with E-state index < -0.39 is 0 Å². The van der Waals surface area contributed by atoms with Crippen LogP contribution in [0.4, 0.5) is 0 Å². The van der Waals surface area contributed by atoms with E-state index in [-0.39, 0.29) is 0 Å². The fraction of sp³-hybridized carbons (Fsp3) is 0.571. The van der Waals surface area contributed by atoms with Crippen LogP contribution >= 0.6 is 0 Å². The minimum Gasteiger partial charge on any atom is -0.383 e. The Balaban J connectivity index is 1.98. The van der Waals surface area contributed by atoms with Crippen molar-refractivity contribution >= 4 is 0 Å². The number of methoxy groups -OCH3 is 1. The summed E-state index contributed by atoms with van der Waals surface area (Å²) in [7, 11) is 3.92. The molecule has 1 atom stereocenters. The van der Waals surface area contributed by atoms with E-state index in [0.29, 0.717) is 5.92 Å². The Morgan fingerprint density at radius 2 is 2.24 bits per heavy atom. The van der Waals surface area contributed by atoms with Crippen molar-refractivity contribution in [1.82, 2.24) is 10.2 Å². The first-order valence-electron chi connectivity index (χ1n) is 6.27. The molecule has 1 aromatic rings. The molecule has 0 aliphatic carbocycles. The normalized spacial score (nSPS) is 19.4. The Hall–Kier alpha value is -0.900. The van der Waals surface area contributed by atoms with Gasteiger partial charge in [-0.2, -0.15) is 0 Å². The van der Waals surface area contributed by atoms with Crippen molar-refractivity contribution in [2.24, 2.45) is 0 Å². The van der Waals surface area contributed by atoms with Crippen LogP contribution in [0.3, 0.4) is 0 Å². The summed E-state index contributed by atoms with van der Waals surface area (Å²) in [4.78, 5) is 2.35.